The van der Waals surface area contributed by atoms with Gasteiger partial charge in [0.2, 0.25) is 0 Å². The van der Waals surface area contributed by atoms with Gasteiger partial charge in [0.05, 0.1) is 0 Å². The highest BCUT2D eigenvalue weighted by Gasteiger charge is 2.54. The zero-order valence-corrected chi connectivity index (χ0v) is 9.87. The van der Waals surface area contributed by atoms with E-state index in [-0.39, 0.29) is 6.42 Å². The summed E-state index contributed by atoms with van der Waals surface area (Å²) in [5.74, 6) is 0. The lowest BCUT2D eigenvalue weighted by Gasteiger charge is -2.17. The van der Waals surface area contributed by atoms with Crippen molar-refractivity contribution in [3.05, 3.63) is 30.1 Å². The molecule has 0 amide bonds. The molecule has 1 atom stereocenters. The van der Waals surface area contributed by atoms with Gasteiger partial charge in [0.25, 0.3) is 5.40 Å². The van der Waals surface area contributed by atoms with Crippen LogP contribution in [0.5, 0.6) is 0 Å². The van der Waals surface area contributed by atoms with Crippen molar-refractivity contribution >= 4 is 15.5 Å². The predicted octanol–water partition coefficient (Wildman–Crippen LogP) is -0.133. The van der Waals surface area contributed by atoms with E-state index in [1.807, 2.05) is 0 Å². The van der Waals surface area contributed by atoms with Crippen LogP contribution in [0.4, 0.5) is 0 Å². The predicted molar refractivity (Wildman–Crippen MR) is 57.3 cm³/mol. The molecule has 1 unspecified atom stereocenters. The van der Waals surface area contributed by atoms with Gasteiger partial charge in [0, 0.05) is 18.8 Å². The van der Waals surface area contributed by atoms with Crippen molar-refractivity contribution in [2.24, 2.45) is 0 Å². The molecule has 0 saturated carbocycles. The molecule has 0 spiro atoms. The van der Waals surface area contributed by atoms with Gasteiger partial charge in [-0.15, -0.1) is 0 Å². The molecule has 0 aliphatic rings. The average Bonchev–Trinajstić information content (AvgIpc) is 2.12. The monoisotopic (exact) mass is 268 g/mol. The largest absolute Gasteiger partial charge is 0.419 e. The van der Waals surface area contributed by atoms with E-state index in [0.29, 0.717) is 5.56 Å². The standard InChI is InChI=1S/C7H11NO6P2/c9-15(10,11)7(16(12,13)14)4-6-2-1-3-8-5-6/h1-3,5,7,9-11H,4H2,(H-,12,13,14)/p+1. The maximum absolute atomic E-state index is 11.0. The molecule has 0 aliphatic heterocycles. The van der Waals surface area contributed by atoms with Gasteiger partial charge < -0.3 is 9.79 Å². The van der Waals surface area contributed by atoms with Crippen LogP contribution >= 0.6 is 15.5 Å². The Bertz CT molecular complexity index is 386. The summed E-state index contributed by atoms with van der Waals surface area (Å²) < 4.78 is 11.0. The molecule has 7 nitrogen and oxygen atoms in total. The summed E-state index contributed by atoms with van der Waals surface area (Å²) in [4.78, 5) is 48.5. The SMILES string of the molecule is O=P(O)(O)C(Cc1cccnc1)[P+](O)(O)O. The smallest absolute Gasteiger partial charge is 0.321 e. The molecule has 1 heterocycles. The van der Waals surface area contributed by atoms with E-state index in [1.54, 1.807) is 0 Å². The third-order valence-electron chi connectivity index (χ3n) is 1.93. The highest BCUT2D eigenvalue weighted by molar-refractivity contribution is 7.74. The van der Waals surface area contributed by atoms with Crippen LogP contribution in [0.25, 0.3) is 0 Å². The van der Waals surface area contributed by atoms with E-state index in [1.165, 1.54) is 24.5 Å². The molecule has 1 aromatic heterocycles. The number of rotatable bonds is 4. The molecule has 0 bridgehead atoms. The summed E-state index contributed by atoms with van der Waals surface area (Å²) in [6, 6.07) is 3.06. The Morgan fingerprint density at radius 1 is 1.38 bits per heavy atom. The fraction of sp³-hybridized carbons (Fsp3) is 0.286. The minimum absolute atomic E-state index is 0.352. The zero-order valence-electron chi connectivity index (χ0n) is 8.08. The van der Waals surface area contributed by atoms with Gasteiger partial charge in [0.1, 0.15) is 0 Å². The molecule has 1 aromatic rings. The number of hydrogen-bond donors (Lipinski definition) is 5. The topological polar surface area (TPSA) is 131 Å². The summed E-state index contributed by atoms with van der Waals surface area (Å²) in [6.45, 7) is 0. The van der Waals surface area contributed by atoms with Gasteiger partial charge in [-0.05, 0) is 11.6 Å². The Kier molecular flexibility index (Phi) is 4.15. The molecule has 16 heavy (non-hydrogen) atoms. The molecule has 1 rings (SSSR count). The molecule has 0 aliphatic carbocycles. The Balaban J connectivity index is 2.94. The fourth-order valence-corrected chi connectivity index (χ4v) is 3.69. The van der Waals surface area contributed by atoms with Crippen molar-refractivity contribution in [2.45, 2.75) is 11.8 Å². The van der Waals surface area contributed by atoms with Crippen LogP contribution in [0.1, 0.15) is 5.56 Å². The highest BCUT2D eigenvalue weighted by Crippen LogP contribution is 2.65. The molecule has 0 fully saturated rings. The second-order valence-corrected chi connectivity index (χ2v) is 7.31. The van der Waals surface area contributed by atoms with E-state index in [0.717, 1.165) is 0 Å². The first-order valence-electron chi connectivity index (χ1n) is 4.22. The van der Waals surface area contributed by atoms with Crippen LogP contribution in [0.3, 0.4) is 0 Å². The van der Waals surface area contributed by atoms with Crippen LogP contribution in [0, 0.1) is 0 Å². The van der Waals surface area contributed by atoms with Crippen LogP contribution in [-0.4, -0.2) is 34.9 Å². The van der Waals surface area contributed by atoms with Gasteiger partial charge in [-0.1, -0.05) is 6.07 Å². The van der Waals surface area contributed by atoms with E-state index < -0.39 is 20.9 Å². The van der Waals surface area contributed by atoms with Crippen molar-refractivity contribution < 1.29 is 29.0 Å². The Morgan fingerprint density at radius 3 is 2.38 bits per heavy atom. The van der Waals surface area contributed by atoms with Gasteiger partial charge in [-0.2, -0.15) is 14.7 Å². The van der Waals surface area contributed by atoms with E-state index >= 15 is 0 Å². The van der Waals surface area contributed by atoms with Gasteiger partial charge in [-0.25, -0.2) is 0 Å². The Morgan fingerprint density at radius 2 is 2.00 bits per heavy atom. The number of hydrogen-bond acceptors (Lipinski definition) is 5. The van der Waals surface area contributed by atoms with Crippen LogP contribution < -0.4 is 0 Å². The number of nitrogens with zero attached hydrogens (tertiary/aromatic N) is 1. The van der Waals surface area contributed by atoms with Crippen molar-refractivity contribution in [3.8, 4) is 0 Å². The average molecular weight is 268 g/mol. The second-order valence-electron chi connectivity index (χ2n) is 3.25. The first-order chi connectivity index (χ1) is 7.21. The molecule has 0 radical (unpaired) electrons. The van der Waals surface area contributed by atoms with E-state index in [9.17, 15) is 4.57 Å². The van der Waals surface area contributed by atoms with Gasteiger partial charge >= 0.3 is 15.5 Å². The quantitative estimate of drug-likeness (QED) is 0.480. The minimum Gasteiger partial charge on any atom is -0.321 e. The molecular weight excluding hydrogens is 256 g/mol. The molecule has 0 aromatic carbocycles. The summed E-state index contributed by atoms with van der Waals surface area (Å²) in [5, 5.41) is -1.90. The fourth-order valence-electron chi connectivity index (χ4n) is 1.17. The second kappa shape index (κ2) is 4.85. The van der Waals surface area contributed by atoms with Crippen molar-refractivity contribution in [1.82, 2.24) is 4.98 Å². The summed E-state index contributed by atoms with van der Waals surface area (Å²) in [5.41, 5.74) is 0.400. The molecule has 90 valence electrons. The van der Waals surface area contributed by atoms with E-state index in [2.05, 4.69) is 4.98 Å². The summed E-state index contributed by atoms with van der Waals surface area (Å²) in [7, 11) is -9.39. The van der Waals surface area contributed by atoms with E-state index in [4.69, 9.17) is 24.5 Å². The van der Waals surface area contributed by atoms with Crippen molar-refractivity contribution in [3.63, 3.8) is 0 Å². The number of aromatic nitrogens is 1. The van der Waals surface area contributed by atoms with Crippen LogP contribution in [0.2, 0.25) is 0 Å². The number of pyridine rings is 1. The molecular formula is C7H12NO6P2+. The molecule has 5 N–H and O–H groups in total. The van der Waals surface area contributed by atoms with Gasteiger partial charge in [0.15, 0.2) is 0 Å². The zero-order chi connectivity index (χ0) is 12.4. The highest BCUT2D eigenvalue weighted by atomic mass is 31.3. The lowest BCUT2D eigenvalue weighted by Crippen LogP contribution is -2.16. The van der Waals surface area contributed by atoms with Crippen LogP contribution in [0.15, 0.2) is 24.5 Å². The lowest BCUT2D eigenvalue weighted by molar-refractivity contribution is 0.308. The maximum atomic E-state index is 11.0. The Hall–Kier alpha value is -0.390. The van der Waals surface area contributed by atoms with Crippen LogP contribution in [-0.2, 0) is 11.0 Å². The summed E-state index contributed by atoms with van der Waals surface area (Å²) in [6.07, 6.45) is 2.45. The van der Waals surface area contributed by atoms with Crippen molar-refractivity contribution in [1.29, 1.82) is 0 Å². The first-order valence-corrected chi connectivity index (χ1v) is 7.62. The first kappa shape index (κ1) is 13.7. The third-order valence-corrected chi connectivity index (χ3v) is 5.70. The summed E-state index contributed by atoms with van der Waals surface area (Å²) >= 11 is 0. The minimum atomic E-state index is -4.79. The van der Waals surface area contributed by atoms with Gasteiger partial charge in [-0.3, -0.25) is 9.55 Å². The Labute approximate surface area is 92.2 Å². The molecule has 9 heteroatoms. The normalized spacial score (nSPS) is 14.8. The lowest BCUT2D eigenvalue weighted by atomic mass is 10.2. The third kappa shape index (κ3) is 3.88. The molecule has 0 saturated heterocycles. The van der Waals surface area contributed by atoms with Crippen molar-refractivity contribution in [2.75, 3.05) is 0 Å². The maximum Gasteiger partial charge on any atom is 0.419 e.